The molecule has 0 aliphatic carbocycles. The number of carbonyl (C=O) groups is 2. The van der Waals surface area contributed by atoms with Crippen molar-refractivity contribution >= 4 is 44.5 Å². The van der Waals surface area contributed by atoms with Crippen LogP contribution in [0.3, 0.4) is 0 Å². The largest absolute Gasteiger partial charge is 0.339 e. The first-order chi connectivity index (χ1) is 9.84. The molecule has 1 atom stereocenters. The predicted molar refractivity (Wildman–Crippen MR) is 78.0 cm³/mol. The molecule has 1 saturated heterocycles. The molecule has 1 aliphatic rings. The summed E-state index contributed by atoms with van der Waals surface area (Å²) in [6, 6.07) is 4.69. The number of amides is 1. The Kier molecular flexibility index (Phi) is 4.66. The first-order valence-electron chi connectivity index (χ1n) is 6.02. The highest BCUT2D eigenvalue weighted by Gasteiger charge is 2.34. The van der Waals surface area contributed by atoms with Crippen LogP contribution in [0.2, 0.25) is 4.34 Å². The summed E-state index contributed by atoms with van der Waals surface area (Å²) in [4.78, 5) is 25.9. The van der Waals surface area contributed by atoms with Crippen molar-refractivity contribution in [2.75, 3.05) is 24.6 Å². The van der Waals surface area contributed by atoms with E-state index in [0.717, 1.165) is 11.3 Å². The van der Waals surface area contributed by atoms with Gasteiger partial charge in [0.15, 0.2) is 21.5 Å². The second-order valence-corrected chi connectivity index (χ2v) is 8.53. The monoisotopic (exact) mass is 346 g/mol. The number of sulfone groups is 1. The van der Waals surface area contributed by atoms with Gasteiger partial charge in [0.1, 0.15) is 0 Å². The number of ketones is 1. The summed E-state index contributed by atoms with van der Waals surface area (Å²) in [7, 11) is -3.13. The molecule has 21 heavy (non-hydrogen) atoms. The van der Waals surface area contributed by atoms with Crippen molar-refractivity contribution < 1.29 is 18.0 Å². The molecule has 0 radical (unpaired) electrons. The van der Waals surface area contributed by atoms with Gasteiger partial charge in [0.2, 0.25) is 5.91 Å². The fourth-order valence-electron chi connectivity index (χ4n) is 1.93. The van der Waals surface area contributed by atoms with E-state index in [1.165, 1.54) is 17.0 Å². The summed E-state index contributed by atoms with van der Waals surface area (Å²) in [6.07, 6.45) is 0. The van der Waals surface area contributed by atoms with E-state index >= 15 is 0 Å². The molecule has 0 spiro atoms. The molecule has 1 aliphatic heterocycles. The molecule has 112 valence electrons. The van der Waals surface area contributed by atoms with Gasteiger partial charge in [0.25, 0.3) is 0 Å². The molecule has 2 heterocycles. The van der Waals surface area contributed by atoms with Crippen LogP contribution in [0.4, 0.5) is 0 Å². The van der Waals surface area contributed by atoms with Crippen LogP contribution in [-0.2, 0) is 14.6 Å². The van der Waals surface area contributed by atoms with Gasteiger partial charge in [-0.3, -0.25) is 9.59 Å². The lowest BCUT2D eigenvalue weighted by Gasteiger charge is -2.27. The van der Waals surface area contributed by atoms with Crippen molar-refractivity contribution in [3.05, 3.63) is 21.3 Å². The lowest BCUT2D eigenvalue weighted by Crippen LogP contribution is -2.47. The molecule has 0 bridgehead atoms. The van der Waals surface area contributed by atoms with Gasteiger partial charge in [-0.1, -0.05) is 11.6 Å². The van der Waals surface area contributed by atoms with Crippen molar-refractivity contribution in [2.24, 2.45) is 5.92 Å². The number of thiophene rings is 1. The maximum Gasteiger partial charge on any atom is 0.248 e. The van der Waals surface area contributed by atoms with Crippen LogP contribution in [-0.4, -0.2) is 49.6 Å². The molecule has 6 nitrogen and oxygen atoms in total. The maximum absolute atomic E-state index is 12.2. The first kappa shape index (κ1) is 15.9. The Morgan fingerprint density at radius 3 is 2.43 bits per heavy atom. The number of carbonyl (C=O) groups excluding carboxylic acids is 2. The van der Waals surface area contributed by atoms with E-state index < -0.39 is 27.4 Å². The minimum atomic E-state index is -3.13. The molecule has 0 saturated carbocycles. The molecule has 0 aromatic carbocycles. The fraction of sp³-hybridized carbons (Fsp3) is 0.417. The normalized spacial score (nSPS) is 18.8. The number of rotatable bonds is 3. The minimum Gasteiger partial charge on any atom is -0.339 e. The van der Waals surface area contributed by atoms with Crippen molar-refractivity contribution in [1.82, 2.24) is 4.90 Å². The Hall–Kier alpha value is -1.43. The number of nitriles is 1. The second kappa shape index (κ2) is 6.13. The predicted octanol–water partition coefficient (Wildman–Crippen LogP) is 0.981. The van der Waals surface area contributed by atoms with Gasteiger partial charge in [0, 0.05) is 13.1 Å². The topological polar surface area (TPSA) is 95.3 Å². The van der Waals surface area contributed by atoms with E-state index in [1.807, 2.05) is 0 Å². The molecule has 9 heteroatoms. The Morgan fingerprint density at radius 2 is 1.95 bits per heavy atom. The molecule has 0 N–H and O–H groups in total. The molecular formula is C12H11ClN2O4S2. The van der Waals surface area contributed by atoms with Gasteiger partial charge in [-0.05, 0) is 12.1 Å². The van der Waals surface area contributed by atoms with Gasteiger partial charge < -0.3 is 4.90 Å². The molecule has 1 amide bonds. The third kappa shape index (κ3) is 3.61. The molecule has 1 aromatic heterocycles. The van der Waals surface area contributed by atoms with E-state index in [-0.39, 0.29) is 29.5 Å². The SMILES string of the molecule is N#C[C@H](C(=O)c1ccc(Cl)s1)C(=O)N1CCS(=O)(=O)CC1. The molecule has 1 aromatic rings. The van der Waals surface area contributed by atoms with Crippen LogP contribution in [0.1, 0.15) is 9.67 Å². The zero-order chi connectivity index (χ0) is 15.6. The Labute approximate surface area is 130 Å². The van der Waals surface area contributed by atoms with Crippen LogP contribution < -0.4 is 0 Å². The van der Waals surface area contributed by atoms with Gasteiger partial charge >= 0.3 is 0 Å². The average molecular weight is 347 g/mol. The van der Waals surface area contributed by atoms with Crippen molar-refractivity contribution in [3.63, 3.8) is 0 Å². The van der Waals surface area contributed by atoms with Crippen LogP contribution >= 0.6 is 22.9 Å². The highest BCUT2D eigenvalue weighted by molar-refractivity contribution is 7.91. The first-order valence-corrected chi connectivity index (χ1v) is 9.04. The van der Waals surface area contributed by atoms with Gasteiger partial charge in [-0.25, -0.2) is 8.42 Å². The van der Waals surface area contributed by atoms with Crippen molar-refractivity contribution in [3.8, 4) is 6.07 Å². The lowest BCUT2D eigenvalue weighted by molar-refractivity contribution is -0.132. The summed E-state index contributed by atoms with van der Waals surface area (Å²) in [5.74, 6) is -3.00. The standard InChI is InChI=1S/C12H11ClN2O4S2/c13-10-2-1-9(20-10)11(16)8(7-14)12(17)15-3-5-21(18,19)6-4-15/h1-2,8H,3-6H2/t8-/m1/s1. The van der Waals surface area contributed by atoms with E-state index in [1.54, 1.807) is 6.07 Å². The zero-order valence-corrected chi connectivity index (χ0v) is 13.2. The number of hydrogen-bond donors (Lipinski definition) is 0. The third-order valence-corrected chi connectivity index (χ3v) is 5.97. The summed E-state index contributed by atoms with van der Waals surface area (Å²) >= 11 is 6.73. The fourth-order valence-corrected chi connectivity index (χ4v) is 4.14. The second-order valence-electron chi connectivity index (χ2n) is 4.51. The number of Topliss-reactive ketones (excluding diaryl/α,β-unsaturated/α-hetero) is 1. The van der Waals surface area contributed by atoms with Crippen LogP contribution in [0.5, 0.6) is 0 Å². The van der Waals surface area contributed by atoms with E-state index in [0.29, 0.717) is 4.34 Å². The Morgan fingerprint density at radius 1 is 1.33 bits per heavy atom. The summed E-state index contributed by atoms with van der Waals surface area (Å²) in [5, 5.41) is 9.10. The van der Waals surface area contributed by atoms with Crippen LogP contribution in [0.25, 0.3) is 0 Å². The van der Waals surface area contributed by atoms with E-state index in [4.69, 9.17) is 16.9 Å². The van der Waals surface area contributed by atoms with E-state index in [2.05, 4.69) is 0 Å². The van der Waals surface area contributed by atoms with Crippen molar-refractivity contribution in [1.29, 1.82) is 5.26 Å². The number of nitrogens with zero attached hydrogens (tertiary/aromatic N) is 2. The van der Waals surface area contributed by atoms with Crippen LogP contribution in [0.15, 0.2) is 12.1 Å². The third-order valence-electron chi connectivity index (χ3n) is 3.11. The smallest absolute Gasteiger partial charge is 0.248 e. The van der Waals surface area contributed by atoms with Gasteiger partial charge in [-0.2, -0.15) is 5.26 Å². The molecule has 1 fully saturated rings. The lowest BCUT2D eigenvalue weighted by atomic mass is 10.0. The highest BCUT2D eigenvalue weighted by atomic mass is 35.5. The summed E-state index contributed by atoms with van der Waals surface area (Å²) in [6.45, 7) is 0.0235. The van der Waals surface area contributed by atoms with Crippen molar-refractivity contribution in [2.45, 2.75) is 0 Å². The van der Waals surface area contributed by atoms with Gasteiger partial charge in [0.05, 0.1) is 26.8 Å². The quantitative estimate of drug-likeness (QED) is 0.600. The number of hydrogen-bond acceptors (Lipinski definition) is 6. The van der Waals surface area contributed by atoms with Gasteiger partial charge in [-0.15, -0.1) is 11.3 Å². The number of halogens is 1. The Balaban J connectivity index is 2.13. The maximum atomic E-state index is 12.2. The summed E-state index contributed by atoms with van der Waals surface area (Å²) in [5.41, 5.74) is 0. The molecule has 2 rings (SSSR count). The Bertz CT molecular complexity index is 706. The van der Waals surface area contributed by atoms with E-state index in [9.17, 15) is 18.0 Å². The summed E-state index contributed by atoms with van der Waals surface area (Å²) < 4.78 is 23.1. The molecular weight excluding hydrogens is 336 g/mol. The minimum absolute atomic E-state index is 0.0117. The molecule has 0 unspecified atom stereocenters. The average Bonchev–Trinajstić information content (AvgIpc) is 2.86. The highest BCUT2D eigenvalue weighted by Crippen LogP contribution is 2.24. The van der Waals surface area contributed by atoms with Crippen LogP contribution in [0, 0.1) is 17.2 Å². The zero-order valence-electron chi connectivity index (χ0n) is 10.8.